The molecule has 1 aliphatic heterocycles. The maximum atomic E-state index is 12.8. The Hall–Kier alpha value is -1.82. The molecule has 100 valence electrons. The maximum absolute atomic E-state index is 12.8. The fourth-order valence-electron chi connectivity index (χ4n) is 2.30. The van der Waals surface area contributed by atoms with E-state index in [1.165, 1.54) is 6.07 Å². The molecule has 19 heavy (non-hydrogen) atoms. The molecule has 0 amide bonds. The van der Waals surface area contributed by atoms with Crippen LogP contribution >= 0.6 is 0 Å². The maximum Gasteiger partial charge on any atom is 0.247 e. The average Bonchev–Trinajstić information content (AvgIpc) is 2.91. The summed E-state index contributed by atoms with van der Waals surface area (Å²) < 4.78 is 18.2. The highest BCUT2D eigenvalue weighted by Crippen LogP contribution is 2.29. The lowest BCUT2D eigenvalue weighted by Gasteiger charge is -2.31. The van der Waals surface area contributed by atoms with E-state index in [0.29, 0.717) is 17.4 Å². The number of hydrogen-bond donors (Lipinski definition) is 1. The Morgan fingerprint density at radius 2 is 2.26 bits per heavy atom. The van der Waals surface area contributed by atoms with Crippen molar-refractivity contribution in [1.82, 2.24) is 20.4 Å². The smallest absolute Gasteiger partial charge is 0.247 e. The van der Waals surface area contributed by atoms with Crippen molar-refractivity contribution in [3.8, 4) is 11.5 Å². The van der Waals surface area contributed by atoms with Crippen LogP contribution in [0.5, 0.6) is 0 Å². The van der Waals surface area contributed by atoms with Crippen molar-refractivity contribution >= 4 is 0 Å². The molecule has 0 aromatic carbocycles. The van der Waals surface area contributed by atoms with Crippen molar-refractivity contribution in [2.24, 2.45) is 0 Å². The number of rotatable bonds is 2. The van der Waals surface area contributed by atoms with Crippen LogP contribution in [0.25, 0.3) is 11.5 Å². The van der Waals surface area contributed by atoms with Crippen molar-refractivity contribution in [2.75, 3.05) is 6.54 Å². The van der Waals surface area contributed by atoms with Crippen molar-refractivity contribution in [3.63, 3.8) is 0 Å². The third-order valence-corrected chi connectivity index (χ3v) is 3.47. The first-order valence-electron chi connectivity index (χ1n) is 6.38. The molecule has 0 bridgehead atoms. The zero-order valence-corrected chi connectivity index (χ0v) is 10.7. The summed E-state index contributed by atoms with van der Waals surface area (Å²) in [6.07, 6.45) is 4.41. The predicted molar refractivity (Wildman–Crippen MR) is 66.7 cm³/mol. The van der Waals surface area contributed by atoms with E-state index in [2.05, 4.69) is 27.4 Å². The summed E-state index contributed by atoms with van der Waals surface area (Å²) >= 11 is 0. The topological polar surface area (TPSA) is 63.8 Å². The normalized spacial score (nSPS) is 23.5. The molecule has 0 spiro atoms. The molecule has 1 fully saturated rings. The highest BCUT2D eigenvalue weighted by Gasteiger charge is 2.34. The van der Waals surface area contributed by atoms with Crippen LogP contribution in [0.3, 0.4) is 0 Å². The van der Waals surface area contributed by atoms with Crippen LogP contribution in [-0.4, -0.2) is 21.7 Å². The molecule has 0 aliphatic carbocycles. The molecule has 1 unspecified atom stereocenters. The molecule has 2 aromatic heterocycles. The second-order valence-corrected chi connectivity index (χ2v) is 5.00. The number of nitrogens with one attached hydrogen (secondary N) is 1. The van der Waals surface area contributed by atoms with Crippen molar-refractivity contribution < 1.29 is 8.91 Å². The Morgan fingerprint density at radius 1 is 1.37 bits per heavy atom. The molecular weight excluding hydrogens is 247 g/mol. The Labute approximate surface area is 110 Å². The average molecular weight is 262 g/mol. The molecular formula is C13H15FN4O. The summed E-state index contributed by atoms with van der Waals surface area (Å²) in [7, 11) is 0. The molecule has 0 saturated carbocycles. The minimum absolute atomic E-state index is 0.274. The molecule has 1 aliphatic rings. The molecule has 1 atom stereocenters. The summed E-state index contributed by atoms with van der Waals surface area (Å²) in [4.78, 5) is 8.33. The summed E-state index contributed by atoms with van der Waals surface area (Å²) in [5, 5.41) is 7.33. The number of halogens is 1. The van der Waals surface area contributed by atoms with E-state index in [1.54, 1.807) is 6.07 Å². The molecule has 1 N–H and O–H groups in total. The van der Waals surface area contributed by atoms with E-state index in [1.807, 2.05) is 0 Å². The third-order valence-electron chi connectivity index (χ3n) is 3.47. The molecule has 3 rings (SSSR count). The van der Waals surface area contributed by atoms with E-state index in [-0.39, 0.29) is 11.4 Å². The van der Waals surface area contributed by atoms with Crippen LogP contribution in [0, 0.1) is 5.82 Å². The molecule has 1 saturated heterocycles. The van der Waals surface area contributed by atoms with Crippen molar-refractivity contribution in [2.45, 2.75) is 31.7 Å². The number of piperidine rings is 1. The molecule has 5 nitrogen and oxygen atoms in total. The quantitative estimate of drug-likeness (QED) is 0.899. The van der Waals surface area contributed by atoms with Gasteiger partial charge in [-0.3, -0.25) is 0 Å². The van der Waals surface area contributed by atoms with Crippen molar-refractivity contribution in [3.05, 3.63) is 30.0 Å². The largest absolute Gasteiger partial charge is 0.337 e. The lowest BCUT2D eigenvalue weighted by atomic mass is 9.91. The summed E-state index contributed by atoms with van der Waals surface area (Å²) in [6.45, 7) is 3.00. The minimum atomic E-state index is -0.381. The van der Waals surface area contributed by atoms with Crippen LogP contribution in [0.4, 0.5) is 4.39 Å². The van der Waals surface area contributed by atoms with Gasteiger partial charge >= 0.3 is 0 Å². The van der Waals surface area contributed by atoms with E-state index in [4.69, 9.17) is 4.52 Å². The molecule has 6 heteroatoms. The first-order valence-corrected chi connectivity index (χ1v) is 6.38. The zero-order valence-electron chi connectivity index (χ0n) is 10.7. The Kier molecular flexibility index (Phi) is 3.02. The Balaban J connectivity index is 1.88. The minimum Gasteiger partial charge on any atom is -0.337 e. The van der Waals surface area contributed by atoms with Gasteiger partial charge in [-0.25, -0.2) is 9.37 Å². The summed E-state index contributed by atoms with van der Waals surface area (Å²) in [5.41, 5.74) is 0.236. The lowest BCUT2D eigenvalue weighted by molar-refractivity contribution is 0.207. The van der Waals surface area contributed by atoms with Gasteiger partial charge in [0.2, 0.25) is 11.7 Å². The fraction of sp³-hybridized carbons (Fsp3) is 0.462. The van der Waals surface area contributed by atoms with Gasteiger partial charge in [0.15, 0.2) is 0 Å². The molecule has 0 radical (unpaired) electrons. The molecule has 3 heterocycles. The van der Waals surface area contributed by atoms with Gasteiger partial charge in [0.1, 0.15) is 11.5 Å². The fourth-order valence-corrected chi connectivity index (χ4v) is 2.30. The van der Waals surface area contributed by atoms with Gasteiger partial charge in [-0.2, -0.15) is 4.98 Å². The predicted octanol–water partition coefficient (Wildman–Crippen LogP) is 2.26. The first kappa shape index (κ1) is 12.2. The van der Waals surface area contributed by atoms with Gasteiger partial charge in [-0.05, 0) is 44.9 Å². The van der Waals surface area contributed by atoms with E-state index in [9.17, 15) is 4.39 Å². The van der Waals surface area contributed by atoms with Crippen LogP contribution < -0.4 is 5.32 Å². The van der Waals surface area contributed by atoms with E-state index < -0.39 is 0 Å². The molecule has 2 aromatic rings. The van der Waals surface area contributed by atoms with Crippen LogP contribution in [0.15, 0.2) is 22.9 Å². The summed E-state index contributed by atoms with van der Waals surface area (Å²) in [5.74, 6) is 0.574. The van der Waals surface area contributed by atoms with Crippen molar-refractivity contribution in [1.29, 1.82) is 0 Å². The highest BCUT2D eigenvalue weighted by molar-refractivity contribution is 5.47. The first-order chi connectivity index (χ1) is 9.17. The Morgan fingerprint density at radius 3 is 2.95 bits per heavy atom. The van der Waals surface area contributed by atoms with Crippen LogP contribution in [0.2, 0.25) is 0 Å². The number of pyridine rings is 1. The van der Waals surface area contributed by atoms with Crippen LogP contribution in [-0.2, 0) is 5.54 Å². The van der Waals surface area contributed by atoms with Gasteiger partial charge in [-0.15, -0.1) is 0 Å². The SMILES string of the molecule is CC1(c2nc(-c3ccc(F)cn3)no2)CCCCN1. The standard InChI is InChI=1S/C13H15FN4O/c1-13(6-2-3-7-16-13)12-17-11(18-19-12)10-5-4-9(14)8-15-10/h4-5,8,16H,2-3,6-7H2,1H3. The number of hydrogen-bond acceptors (Lipinski definition) is 5. The lowest BCUT2D eigenvalue weighted by Crippen LogP contribution is -2.43. The Bertz CT molecular complexity index is 560. The van der Waals surface area contributed by atoms with Gasteiger partial charge in [-0.1, -0.05) is 5.16 Å². The second kappa shape index (κ2) is 4.70. The number of nitrogens with zero attached hydrogens (tertiary/aromatic N) is 3. The van der Waals surface area contributed by atoms with Gasteiger partial charge in [0.05, 0.1) is 11.7 Å². The zero-order chi connectivity index (χ0) is 13.3. The van der Waals surface area contributed by atoms with Crippen LogP contribution in [0.1, 0.15) is 32.1 Å². The van der Waals surface area contributed by atoms with Gasteiger partial charge < -0.3 is 9.84 Å². The monoisotopic (exact) mass is 262 g/mol. The summed E-state index contributed by atoms with van der Waals surface area (Å²) in [6, 6.07) is 2.87. The third kappa shape index (κ3) is 2.35. The number of aromatic nitrogens is 3. The second-order valence-electron chi connectivity index (χ2n) is 5.00. The van der Waals surface area contributed by atoms with E-state index in [0.717, 1.165) is 32.0 Å². The van der Waals surface area contributed by atoms with E-state index >= 15 is 0 Å². The van der Waals surface area contributed by atoms with Gasteiger partial charge in [0, 0.05) is 0 Å². The highest BCUT2D eigenvalue weighted by atomic mass is 19.1. The van der Waals surface area contributed by atoms with Gasteiger partial charge in [0.25, 0.3) is 0 Å².